The Bertz CT molecular complexity index is 379. The van der Waals surface area contributed by atoms with Gasteiger partial charge in [0.05, 0.1) is 0 Å². The van der Waals surface area contributed by atoms with E-state index in [1.165, 1.54) is 32.1 Å². The zero-order valence-corrected chi connectivity index (χ0v) is 15.2. The zero-order chi connectivity index (χ0) is 15.2. The lowest BCUT2D eigenvalue weighted by molar-refractivity contribution is -0.0181. The van der Waals surface area contributed by atoms with Gasteiger partial charge in [0.1, 0.15) is 0 Å². The Kier molecular flexibility index (Phi) is 4.33. The van der Waals surface area contributed by atoms with Gasteiger partial charge in [-0.2, -0.15) is 0 Å². The van der Waals surface area contributed by atoms with E-state index in [0.29, 0.717) is 5.41 Å². The van der Waals surface area contributed by atoms with Gasteiger partial charge < -0.3 is 0 Å². The molecule has 0 aromatic rings. The molecule has 0 N–H and O–H groups in total. The first-order chi connectivity index (χ1) is 10.7. The molecule has 0 nitrogen and oxygen atoms in total. The van der Waals surface area contributed by atoms with Gasteiger partial charge in [0.2, 0.25) is 0 Å². The smallest absolute Gasteiger partial charge is 0.0266 e. The third kappa shape index (κ3) is 2.48. The van der Waals surface area contributed by atoms with Crippen LogP contribution in [-0.2, 0) is 0 Å². The number of hydrogen-bond donors (Lipinski definition) is 0. The lowest BCUT2D eigenvalue weighted by Gasteiger charge is -2.51. The Labute approximate surface area is 138 Å². The van der Waals surface area contributed by atoms with Crippen molar-refractivity contribution in [2.24, 2.45) is 40.9 Å². The number of rotatable bonds is 2. The van der Waals surface area contributed by atoms with Crippen LogP contribution in [0.3, 0.4) is 0 Å². The predicted molar refractivity (Wildman–Crippen MR) is 94.7 cm³/mol. The first kappa shape index (κ1) is 15.5. The van der Waals surface area contributed by atoms with Crippen molar-refractivity contribution in [3.63, 3.8) is 0 Å². The summed E-state index contributed by atoms with van der Waals surface area (Å²) < 4.78 is 0. The molecule has 0 heterocycles. The maximum Gasteiger partial charge on any atom is -0.0266 e. The second kappa shape index (κ2) is 6.14. The monoisotopic (exact) mass is 302 g/mol. The van der Waals surface area contributed by atoms with Crippen LogP contribution in [0.2, 0.25) is 0 Å². The summed E-state index contributed by atoms with van der Waals surface area (Å²) >= 11 is 0. The first-order valence-corrected chi connectivity index (χ1v) is 10.7. The Morgan fingerprint density at radius 2 is 1.45 bits per heavy atom. The largest absolute Gasteiger partial charge is 0.0617 e. The minimum Gasteiger partial charge on any atom is -0.0617 e. The van der Waals surface area contributed by atoms with E-state index in [4.69, 9.17) is 0 Å². The highest BCUT2D eigenvalue weighted by Crippen LogP contribution is 2.63. The van der Waals surface area contributed by atoms with Gasteiger partial charge in [-0.15, -0.1) is 0 Å². The van der Waals surface area contributed by atoms with Crippen molar-refractivity contribution in [1.29, 1.82) is 0 Å². The molecule has 0 aliphatic heterocycles. The Hall–Kier alpha value is 0. The molecule has 0 saturated heterocycles. The van der Waals surface area contributed by atoms with E-state index in [-0.39, 0.29) is 0 Å². The summed E-state index contributed by atoms with van der Waals surface area (Å²) in [6.45, 7) is 5.40. The van der Waals surface area contributed by atoms with Gasteiger partial charge in [-0.25, -0.2) is 0 Å². The van der Waals surface area contributed by atoms with E-state index in [2.05, 4.69) is 13.8 Å². The SMILES string of the molecule is CC(C1CCCCC1)C1(C)CCCC2C3CCCCC3CC21. The molecule has 0 aromatic carbocycles. The molecule has 4 aliphatic carbocycles. The molecule has 0 aromatic heterocycles. The van der Waals surface area contributed by atoms with Crippen molar-refractivity contribution < 1.29 is 0 Å². The summed E-state index contributed by atoms with van der Waals surface area (Å²) in [5, 5.41) is 0. The quantitative estimate of drug-likeness (QED) is 0.524. The lowest BCUT2D eigenvalue weighted by atomic mass is 9.54. The standard InChI is InChI=1S/C22H38/c1-16(17-9-4-3-5-10-17)22(2)14-8-13-20-19-12-7-6-11-18(19)15-21(20)22/h16-21H,3-15H2,1-2H3. The van der Waals surface area contributed by atoms with Crippen molar-refractivity contribution in [2.45, 2.75) is 97.3 Å². The molecule has 6 atom stereocenters. The minimum absolute atomic E-state index is 0.683. The molecule has 4 rings (SSSR count). The molecule has 0 heteroatoms. The van der Waals surface area contributed by atoms with Crippen LogP contribution in [0.1, 0.15) is 97.3 Å². The molecule has 0 radical (unpaired) electrons. The molecule has 6 unspecified atom stereocenters. The van der Waals surface area contributed by atoms with Gasteiger partial charge >= 0.3 is 0 Å². The third-order valence-electron chi connectivity index (χ3n) is 9.09. The summed E-state index contributed by atoms with van der Waals surface area (Å²) in [6, 6.07) is 0. The summed E-state index contributed by atoms with van der Waals surface area (Å²) in [5.41, 5.74) is 0.683. The number of hydrogen-bond acceptors (Lipinski definition) is 0. The molecule has 126 valence electrons. The van der Waals surface area contributed by atoms with Crippen molar-refractivity contribution in [3.8, 4) is 0 Å². The van der Waals surface area contributed by atoms with Crippen LogP contribution >= 0.6 is 0 Å². The molecule has 22 heavy (non-hydrogen) atoms. The second-order valence-electron chi connectivity index (χ2n) is 9.80. The van der Waals surface area contributed by atoms with Crippen LogP contribution in [0, 0.1) is 40.9 Å². The fourth-order valence-corrected chi connectivity index (χ4v) is 7.71. The first-order valence-electron chi connectivity index (χ1n) is 10.7. The van der Waals surface area contributed by atoms with Crippen molar-refractivity contribution in [2.75, 3.05) is 0 Å². The highest BCUT2D eigenvalue weighted by atomic mass is 14.6. The van der Waals surface area contributed by atoms with Gasteiger partial charge in [-0.05, 0) is 66.6 Å². The molecule has 0 spiro atoms. The fourth-order valence-electron chi connectivity index (χ4n) is 7.71. The maximum atomic E-state index is 2.74. The number of fused-ring (bicyclic) bond motifs is 3. The van der Waals surface area contributed by atoms with E-state index in [9.17, 15) is 0 Å². The van der Waals surface area contributed by atoms with Crippen molar-refractivity contribution in [3.05, 3.63) is 0 Å². The molecule has 4 saturated carbocycles. The molecular weight excluding hydrogens is 264 g/mol. The lowest BCUT2D eigenvalue weighted by Crippen LogP contribution is -2.43. The van der Waals surface area contributed by atoms with Crippen LogP contribution in [0.15, 0.2) is 0 Å². The fraction of sp³-hybridized carbons (Fsp3) is 1.00. The predicted octanol–water partition coefficient (Wildman–Crippen LogP) is 6.84. The van der Waals surface area contributed by atoms with Crippen molar-refractivity contribution >= 4 is 0 Å². The van der Waals surface area contributed by atoms with Crippen molar-refractivity contribution in [1.82, 2.24) is 0 Å². The van der Waals surface area contributed by atoms with E-state index in [1.54, 1.807) is 51.4 Å². The molecule has 0 bridgehead atoms. The van der Waals surface area contributed by atoms with E-state index < -0.39 is 0 Å². The van der Waals surface area contributed by atoms with Crippen LogP contribution in [0.25, 0.3) is 0 Å². The summed E-state index contributed by atoms with van der Waals surface area (Å²) in [7, 11) is 0. The summed E-state index contributed by atoms with van der Waals surface area (Å²) in [6.07, 6.45) is 20.2. The molecule has 0 amide bonds. The topological polar surface area (TPSA) is 0 Å². The van der Waals surface area contributed by atoms with Gasteiger partial charge in [-0.3, -0.25) is 0 Å². The molecule has 4 aliphatic rings. The Balaban J connectivity index is 1.54. The summed E-state index contributed by atoms with van der Waals surface area (Å²) in [4.78, 5) is 0. The maximum absolute atomic E-state index is 2.74. The Morgan fingerprint density at radius 3 is 2.27 bits per heavy atom. The average Bonchev–Trinajstić information content (AvgIpc) is 2.96. The van der Waals surface area contributed by atoms with E-state index in [0.717, 1.165) is 35.5 Å². The van der Waals surface area contributed by atoms with Crippen LogP contribution in [0.5, 0.6) is 0 Å². The van der Waals surface area contributed by atoms with Gasteiger partial charge in [0, 0.05) is 0 Å². The van der Waals surface area contributed by atoms with Crippen LogP contribution in [0.4, 0.5) is 0 Å². The summed E-state index contributed by atoms with van der Waals surface area (Å²) in [5.74, 6) is 6.51. The van der Waals surface area contributed by atoms with E-state index >= 15 is 0 Å². The normalized spacial score (nSPS) is 47.7. The van der Waals surface area contributed by atoms with Gasteiger partial charge in [0.15, 0.2) is 0 Å². The highest BCUT2D eigenvalue weighted by molar-refractivity contribution is 5.04. The molecular formula is C22H38. The average molecular weight is 303 g/mol. The van der Waals surface area contributed by atoms with Gasteiger partial charge in [0.25, 0.3) is 0 Å². The van der Waals surface area contributed by atoms with E-state index in [1.807, 2.05) is 0 Å². The molecule has 4 fully saturated rings. The van der Waals surface area contributed by atoms with Gasteiger partial charge in [-0.1, -0.05) is 71.6 Å². The highest BCUT2D eigenvalue weighted by Gasteiger charge is 2.54. The zero-order valence-electron chi connectivity index (χ0n) is 15.2. The van der Waals surface area contributed by atoms with Crippen LogP contribution in [-0.4, -0.2) is 0 Å². The van der Waals surface area contributed by atoms with Crippen LogP contribution < -0.4 is 0 Å². The third-order valence-corrected chi connectivity index (χ3v) is 9.09. The second-order valence-corrected chi connectivity index (χ2v) is 9.80. The Morgan fingerprint density at radius 1 is 0.773 bits per heavy atom. The minimum atomic E-state index is 0.683.